The fourth-order valence-electron chi connectivity index (χ4n) is 2.79. The minimum absolute atomic E-state index is 0.0102. The van der Waals surface area contributed by atoms with E-state index in [1.165, 1.54) is 48.4 Å². The summed E-state index contributed by atoms with van der Waals surface area (Å²) in [4.78, 5) is 36.4. The van der Waals surface area contributed by atoms with E-state index in [9.17, 15) is 27.6 Å². The van der Waals surface area contributed by atoms with Gasteiger partial charge in [-0.15, -0.1) is 0 Å². The number of aromatic nitrogens is 1. The maximum atomic E-state index is 13.6. The highest BCUT2D eigenvalue weighted by atomic mass is 19.4. The number of nitrogens with one attached hydrogen (secondary N) is 2. The third kappa shape index (κ3) is 5.43. The second kappa shape index (κ2) is 9.52. The van der Waals surface area contributed by atoms with E-state index < -0.39 is 29.2 Å². The molecule has 2 N–H and O–H groups in total. The Hall–Kier alpha value is -3.86. The third-order valence-corrected chi connectivity index (χ3v) is 4.36. The van der Waals surface area contributed by atoms with Crippen LogP contribution in [0.3, 0.4) is 0 Å². The molecule has 0 aliphatic carbocycles. The average molecular weight is 449 g/mol. The van der Waals surface area contributed by atoms with Gasteiger partial charge in [-0.2, -0.15) is 13.2 Å². The van der Waals surface area contributed by atoms with Crippen molar-refractivity contribution in [2.75, 3.05) is 24.4 Å². The molecular formula is C21H18F3N3O5. The van der Waals surface area contributed by atoms with Gasteiger partial charge in [0.25, 0.3) is 17.4 Å². The number of rotatable bonds is 7. The van der Waals surface area contributed by atoms with Crippen LogP contribution in [0.15, 0.2) is 64.1 Å². The minimum Gasteiger partial charge on any atom is -0.459 e. The van der Waals surface area contributed by atoms with Crippen LogP contribution in [0.2, 0.25) is 0 Å². The van der Waals surface area contributed by atoms with E-state index in [2.05, 4.69) is 10.6 Å². The number of hydrogen-bond acceptors (Lipinski definition) is 5. The summed E-state index contributed by atoms with van der Waals surface area (Å²) in [5.74, 6) is -1.63. The van der Waals surface area contributed by atoms with Gasteiger partial charge in [-0.05, 0) is 36.4 Å². The monoisotopic (exact) mass is 449 g/mol. The Morgan fingerprint density at radius 2 is 1.88 bits per heavy atom. The van der Waals surface area contributed by atoms with E-state index in [0.29, 0.717) is 6.07 Å². The lowest BCUT2D eigenvalue weighted by Crippen LogP contribution is -2.24. The van der Waals surface area contributed by atoms with Crippen LogP contribution in [0.1, 0.15) is 26.5 Å². The quantitative estimate of drug-likeness (QED) is 0.574. The Labute approximate surface area is 179 Å². The van der Waals surface area contributed by atoms with Crippen molar-refractivity contribution >= 4 is 23.2 Å². The average Bonchev–Trinajstić information content (AvgIpc) is 3.28. The number of alkyl halides is 3. The molecule has 0 unspecified atom stereocenters. The van der Waals surface area contributed by atoms with Gasteiger partial charge >= 0.3 is 6.18 Å². The maximum absolute atomic E-state index is 13.6. The summed E-state index contributed by atoms with van der Waals surface area (Å²) in [6, 6.07) is 8.13. The number of furan rings is 1. The molecule has 11 heteroatoms. The lowest BCUT2D eigenvalue weighted by molar-refractivity contribution is -0.136. The van der Waals surface area contributed by atoms with Crippen LogP contribution in [0.4, 0.5) is 24.5 Å². The first-order valence-electron chi connectivity index (χ1n) is 9.26. The number of anilines is 2. The zero-order valence-electron chi connectivity index (χ0n) is 16.7. The summed E-state index contributed by atoms with van der Waals surface area (Å²) in [6.07, 6.45) is -2.32. The number of carbonyl (C=O) groups excluding carboxylic acids is 2. The zero-order chi connectivity index (χ0) is 23.3. The summed E-state index contributed by atoms with van der Waals surface area (Å²) < 4.78 is 51.8. The largest absolute Gasteiger partial charge is 0.459 e. The Bertz CT molecular complexity index is 1170. The number of benzene rings is 1. The highest BCUT2D eigenvalue weighted by molar-refractivity contribution is 6.05. The summed E-state index contributed by atoms with van der Waals surface area (Å²) in [6.45, 7) is 0.392. The first-order valence-corrected chi connectivity index (χ1v) is 9.26. The van der Waals surface area contributed by atoms with Gasteiger partial charge in [-0.3, -0.25) is 14.4 Å². The van der Waals surface area contributed by atoms with Gasteiger partial charge in [0.15, 0.2) is 5.76 Å². The maximum Gasteiger partial charge on any atom is 0.418 e. The number of nitrogens with zero attached hydrogens (tertiary/aromatic N) is 1. The van der Waals surface area contributed by atoms with E-state index in [0.717, 1.165) is 12.1 Å². The molecule has 0 aliphatic heterocycles. The highest BCUT2D eigenvalue weighted by Gasteiger charge is 2.34. The SMILES string of the molecule is COCCn1cc(C(=O)Nc2ccc(NC(=O)c3ccco3)cc2C(F)(F)F)ccc1=O. The van der Waals surface area contributed by atoms with Crippen molar-refractivity contribution in [2.24, 2.45) is 0 Å². The molecule has 3 rings (SSSR count). The van der Waals surface area contributed by atoms with E-state index in [-0.39, 0.29) is 35.7 Å². The zero-order valence-corrected chi connectivity index (χ0v) is 16.7. The van der Waals surface area contributed by atoms with Gasteiger partial charge in [-0.25, -0.2) is 0 Å². The summed E-state index contributed by atoms with van der Waals surface area (Å²) in [5, 5.41) is 4.51. The van der Waals surface area contributed by atoms with Gasteiger partial charge in [0.05, 0.1) is 29.7 Å². The molecule has 0 fully saturated rings. The van der Waals surface area contributed by atoms with Gasteiger partial charge in [0, 0.05) is 31.6 Å². The predicted octanol–water partition coefficient (Wildman–Crippen LogP) is 3.61. The number of amides is 2. The topological polar surface area (TPSA) is 103 Å². The Kier molecular flexibility index (Phi) is 6.79. The van der Waals surface area contributed by atoms with Gasteiger partial charge < -0.3 is 24.4 Å². The lowest BCUT2D eigenvalue weighted by Gasteiger charge is -2.16. The Morgan fingerprint density at radius 1 is 1.09 bits per heavy atom. The van der Waals surface area contributed by atoms with E-state index in [4.69, 9.17) is 9.15 Å². The molecule has 2 aromatic heterocycles. The van der Waals surface area contributed by atoms with Gasteiger partial charge in [0.2, 0.25) is 0 Å². The fourth-order valence-corrected chi connectivity index (χ4v) is 2.79. The van der Waals surface area contributed by atoms with Gasteiger partial charge in [-0.1, -0.05) is 0 Å². The molecule has 0 spiro atoms. The number of hydrogen-bond donors (Lipinski definition) is 2. The first kappa shape index (κ1) is 22.8. The van der Waals surface area contributed by atoms with Crippen LogP contribution in [0.5, 0.6) is 0 Å². The smallest absolute Gasteiger partial charge is 0.418 e. The summed E-state index contributed by atoms with van der Waals surface area (Å²) in [7, 11) is 1.45. The van der Waals surface area contributed by atoms with Crippen molar-refractivity contribution < 1.29 is 31.9 Å². The number of carbonyl (C=O) groups is 2. The highest BCUT2D eigenvalue weighted by Crippen LogP contribution is 2.37. The van der Waals surface area contributed by atoms with E-state index in [1.54, 1.807) is 0 Å². The standard InChI is InChI=1S/C21H18F3N3O5/c1-31-10-8-27-12-13(4-7-18(27)28)19(29)26-16-6-5-14(11-15(16)21(22,23)24)25-20(30)17-3-2-9-32-17/h2-7,9,11-12H,8,10H2,1H3,(H,25,30)(H,26,29). The summed E-state index contributed by atoms with van der Waals surface area (Å²) >= 11 is 0. The van der Waals surface area contributed by atoms with E-state index >= 15 is 0 Å². The molecule has 0 radical (unpaired) electrons. The van der Waals surface area contributed by atoms with Crippen LogP contribution in [0, 0.1) is 0 Å². The number of ether oxygens (including phenoxy) is 1. The normalized spacial score (nSPS) is 11.2. The van der Waals surface area contributed by atoms with Crippen LogP contribution < -0.4 is 16.2 Å². The Balaban J connectivity index is 1.85. The lowest BCUT2D eigenvalue weighted by atomic mass is 10.1. The molecule has 3 aromatic rings. The molecular weight excluding hydrogens is 431 g/mol. The first-order chi connectivity index (χ1) is 15.2. The molecule has 32 heavy (non-hydrogen) atoms. The molecule has 0 aliphatic rings. The van der Waals surface area contributed by atoms with E-state index in [1.807, 2.05) is 0 Å². The van der Waals surface area contributed by atoms with Crippen molar-refractivity contribution in [1.29, 1.82) is 0 Å². The summed E-state index contributed by atoms with van der Waals surface area (Å²) in [5.41, 5.74) is -2.19. The van der Waals surface area contributed by atoms with Crippen molar-refractivity contribution in [3.8, 4) is 0 Å². The molecule has 1 aromatic carbocycles. The second-order valence-electron chi connectivity index (χ2n) is 6.59. The third-order valence-electron chi connectivity index (χ3n) is 4.36. The number of methoxy groups -OCH3 is 1. The van der Waals surface area contributed by atoms with Crippen molar-refractivity contribution in [1.82, 2.24) is 4.57 Å². The van der Waals surface area contributed by atoms with Gasteiger partial charge in [0.1, 0.15) is 0 Å². The predicted molar refractivity (Wildman–Crippen MR) is 109 cm³/mol. The van der Waals surface area contributed by atoms with Crippen molar-refractivity contribution in [2.45, 2.75) is 12.7 Å². The molecule has 0 bridgehead atoms. The Morgan fingerprint density at radius 3 is 2.53 bits per heavy atom. The minimum atomic E-state index is -4.81. The number of halogens is 3. The van der Waals surface area contributed by atoms with Crippen LogP contribution in [0.25, 0.3) is 0 Å². The molecule has 8 nitrogen and oxygen atoms in total. The van der Waals surface area contributed by atoms with Crippen molar-refractivity contribution in [3.63, 3.8) is 0 Å². The fraction of sp³-hybridized carbons (Fsp3) is 0.190. The molecule has 0 saturated carbocycles. The van der Waals surface area contributed by atoms with Crippen LogP contribution in [-0.2, 0) is 17.5 Å². The molecule has 2 heterocycles. The van der Waals surface area contributed by atoms with Crippen LogP contribution >= 0.6 is 0 Å². The molecule has 0 saturated heterocycles. The van der Waals surface area contributed by atoms with Crippen molar-refractivity contribution in [3.05, 3.63) is 82.2 Å². The number of pyridine rings is 1. The molecule has 168 valence electrons. The molecule has 0 atom stereocenters. The molecule has 2 amide bonds. The van der Waals surface area contributed by atoms with Crippen LogP contribution in [-0.4, -0.2) is 30.1 Å². The second-order valence-corrected chi connectivity index (χ2v) is 6.59.